The SMILES string of the molecule is CN=C(NC#N)NCC1CCOC1. The summed E-state index contributed by atoms with van der Waals surface area (Å²) in [5.41, 5.74) is 0. The van der Waals surface area contributed by atoms with Crippen LogP contribution >= 0.6 is 0 Å². The number of aliphatic imine (C=N–C) groups is 1. The van der Waals surface area contributed by atoms with Gasteiger partial charge in [-0.15, -0.1) is 0 Å². The van der Waals surface area contributed by atoms with Gasteiger partial charge in [0.15, 0.2) is 6.19 Å². The maximum atomic E-state index is 8.35. The minimum Gasteiger partial charge on any atom is -0.381 e. The molecule has 1 aliphatic rings. The molecule has 5 heteroatoms. The Labute approximate surface area is 77.8 Å². The van der Waals surface area contributed by atoms with Crippen molar-refractivity contribution in [1.29, 1.82) is 5.26 Å². The lowest BCUT2D eigenvalue weighted by atomic mass is 10.1. The fourth-order valence-corrected chi connectivity index (χ4v) is 1.22. The summed E-state index contributed by atoms with van der Waals surface area (Å²) in [5.74, 6) is 1.06. The van der Waals surface area contributed by atoms with Crippen LogP contribution in [0, 0.1) is 17.4 Å². The van der Waals surface area contributed by atoms with Crippen LogP contribution in [-0.2, 0) is 4.74 Å². The van der Waals surface area contributed by atoms with Gasteiger partial charge in [-0.05, 0) is 6.42 Å². The first kappa shape index (κ1) is 9.81. The molecule has 5 nitrogen and oxygen atoms in total. The van der Waals surface area contributed by atoms with E-state index >= 15 is 0 Å². The van der Waals surface area contributed by atoms with Crippen molar-refractivity contribution in [2.24, 2.45) is 10.9 Å². The summed E-state index contributed by atoms with van der Waals surface area (Å²) in [4.78, 5) is 3.87. The van der Waals surface area contributed by atoms with Gasteiger partial charge in [-0.2, -0.15) is 5.26 Å². The molecule has 1 unspecified atom stereocenters. The molecule has 0 aromatic heterocycles. The van der Waals surface area contributed by atoms with E-state index in [4.69, 9.17) is 10.00 Å². The third-order valence-corrected chi connectivity index (χ3v) is 1.98. The summed E-state index contributed by atoms with van der Waals surface area (Å²) < 4.78 is 5.22. The molecule has 0 aromatic rings. The molecule has 0 radical (unpaired) electrons. The molecule has 13 heavy (non-hydrogen) atoms. The van der Waals surface area contributed by atoms with Gasteiger partial charge in [-0.25, -0.2) is 0 Å². The van der Waals surface area contributed by atoms with E-state index in [2.05, 4.69) is 15.6 Å². The minimum absolute atomic E-state index is 0.523. The van der Waals surface area contributed by atoms with E-state index in [-0.39, 0.29) is 0 Å². The Balaban J connectivity index is 2.20. The van der Waals surface area contributed by atoms with Gasteiger partial charge < -0.3 is 10.1 Å². The number of nitrogens with zero attached hydrogens (tertiary/aromatic N) is 2. The van der Waals surface area contributed by atoms with E-state index < -0.39 is 0 Å². The Morgan fingerprint density at radius 1 is 1.77 bits per heavy atom. The van der Waals surface area contributed by atoms with Crippen molar-refractivity contribution in [3.05, 3.63) is 0 Å². The van der Waals surface area contributed by atoms with Crippen molar-refractivity contribution < 1.29 is 4.74 Å². The van der Waals surface area contributed by atoms with E-state index in [0.717, 1.165) is 26.2 Å². The molecule has 0 saturated carbocycles. The van der Waals surface area contributed by atoms with E-state index in [1.165, 1.54) is 0 Å². The highest BCUT2D eigenvalue weighted by Crippen LogP contribution is 2.10. The minimum atomic E-state index is 0.523. The zero-order valence-electron chi connectivity index (χ0n) is 7.71. The van der Waals surface area contributed by atoms with Crippen molar-refractivity contribution in [2.45, 2.75) is 6.42 Å². The van der Waals surface area contributed by atoms with Crippen LogP contribution in [0.25, 0.3) is 0 Å². The first-order valence-electron chi connectivity index (χ1n) is 4.30. The predicted molar refractivity (Wildman–Crippen MR) is 49.0 cm³/mol. The Kier molecular flexibility index (Phi) is 4.06. The molecule has 1 saturated heterocycles. The fraction of sp³-hybridized carbons (Fsp3) is 0.750. The van der Waals surface area contributed by atoms with E-state index in [0.29, 0.717) is 11.9 Å². The first-order chi connectivity index (χ1) is 6.36. The molecule has 1 fully saturated rings. The normalized spacial score (nSPS) is 22.5. The topological polar surface area (TPSA) is 69.4 Å². The Bertz CT molecular complexity index is 215. The van der Waals surface area contributed by atoms with Gasteiger partial charge in [-0.3, -0.25) is 10.3 Å². The number of nitriles is 1. The standard InChI is InChI=1S/C8H14N4O/c1-10-8(12-6-9)11-4-7-2-3-13-5-7/h7H,2-5H2,1H3,(H2,10,11,12). The lowest BCUT2D eigenvalue weighted by Crippen LogP contribution is -2.37. The van der Waals surface area contributed by atoms with Crippen LogP contribution in [0.15, 0.2) is 4.99 Å². The summed E-state index contributed by atoms with van der Waals surface area (Å²) in [5, 5.41) is 13.9. The fourth-order valence-electron chi connectivity index (χ4n) is 1.22. The monoisotopic (exact) mass is 182 g/mol. The van der Waals surface area contributed by atoms with Crippen molar-refractivity contribution in [1.82, 2.24) is 10.6 Å². The first-order valence-corrected chi connectivity index (χ1v) is 4.30. The molecule has 1 aliphatic heterocycles. The lowest BCUT2D eigenvalue weighted by Gasteiger charge is -2.10. The van der Waals surface area contributed by atoms with E-state index in [1.54, 1.807) is 7.05 Å². The highest BCUT2D eigenvalue weighted by atomic mass is 16.5. The van der Waals surface area contributed by atoms with Crippen molar-refractivity contribution in [3.63, 3.8) is 0 Å². The number of guanidine groups is 1. The number of hydrogen-bond acceptors (Lipinski definition) is 3. The number of ether oxygens (including phenoxy) is 1. The lowest BCUT2D eigenvalue weighted by molar-refractivity contribution is 0.186. The zero-order chi connectivity index (χ0) is 9.52. The second-order valence-corrected chi connectivity index (χ2v) is 2.92. The quantitative estimate of drug-likeness (QED) is 0.265. The zero-order valence-corrected chi connectivity index (χ0v) is 7.71. The molecule has 0 bridgehead atoms. The smallest absolute Gasteiger partial charge is 0.204 e. The van der Waals surface area contributed by atoms with Gasteiger partial charge in [0.2, 0.25) is 5.96 Å². The summed E-state index contributed by atoms with van der Waals surface area (Å²) >= 11 is 0. The molecule has 72 valence electrons. The third-order valence-electron chi connectivity index (χ3n) is 1.98. The van der Waals surface area contributed by atoms with Gasteiger partial charge in [0, 0.05) is 26.1 Å². The van der Waals surface area contributed by atoms with E-state index in [9.17, 15) is 0 Å². The van der Waals surface area contributed by atoms with Crippen molar-refractivity contribution in [2.75, 3.05) is 26.8 Å². The molecule has 2 N–H and O–H groups in total. The van der Waals surface area contributed by atoms with Gasteiger partial charge in [0.25, 0.3) is 0 Å². The molecule has 0 amide bonds. The van der Waals surface area contributed by atoms with Gasteiger partial charge in [0.05, 0.1) is 6.61 Å². The van der Waals surface area contributed by atoms with Gasteiger partial charge >= 0.3 is 0 Å². The number of rotatable bonds is 2. The van der Waals surface area contributed by atoms with Crippen LogP contribution in [-0.4, -0.2) is 32.8 Å². The molecule has 1 heterocycles. The average molecular weight is 182 g/mol. The number of hydrogen-bond donors (Lipinski definition) is 2. The molecule has 1 rings (SSSR count). The molecule has 0 spiro atoms. The molecule has 1 atom stereocenters. The van der Waals surface area contributed by atoms with Crippen LogP contribution in [0.2, 0.25) is 0 Å². The third kappa shape index (κ3) is 3.30. The largest absolute Gasteiger partial charge is 0.381 e. The second kappa shape index (κ2) is 5.38. The second-order valence-electron chi connectivity index (χ2n) is 2.92. The molecular formula is C8H14N4O. The average Bonchev–Trinajstić information content (AvgIpc) is 2.64. The van der Waals surface area contributed by atoms with E-state index in [1.807, 2.05) is 6.19 Å². The molecule has 0 aromatic carbocycles. The Hall–Kier alpha value is -1.28. The highest BCUT2D eigenvalue weighted by molar-refractivity contribution is 5.80. The Morgan fingerprint density at radius 2 is 2.62 bits per heavy atom. The van der Waals surface area contributed by atoms with Crippen LogP contribution in [0.3, 0.4) is 0 Å². The van der Waals surface area contributed by atoms with Crippen LogP contribution < -0.4 is 10.6 Å². The van der Waals surface area contributed by atoms with Crippen LogP contribution in [0.1, 0.15) is 6.42 Å². The van der Waals surface area contributed by atoms with Crippen LogP contribution in [0.5, 0.6) is 0 Å². The van der Waals surface area contributed by atoms with Crippen LogP contribution in [0.4, 0.5) is 0 Å². The molecule has 0 aliphatic carbocycles. The summed E-state index contributed by atoms with van der Waals surface area (Å²) in [7, 11) is 1.64. The predicted octanol–water partition coefficient (Wildman–Crippen LogP) is -0.331. The summed E-state index contributed by atoms with van der Waals surface area (Å²) in [6.07, 6.45) is 2.90. The maximum Gasteiger partial charge on any atom is 0.204 e. The van der Waals surface area contributed by atoms with Gasteiger partial charge in [0.1, 0.15) is 0 Å². The molecular weight excluding hydrogens is 168 g/mol. The summed E-state index contributed by atoms with van der Waals surface area (Å²) in [6, 6.07) is 0. The highest BCUT2D eigenvalue weighted by Gasteiger charge is 2.15. The van der Waals surface area contributed by atoms with Crippen molar-refractivity contribution in [3.8, 4) is 6.19 Å². The number of nitrogens with one attached hydrogen (secondary N) is 2. The maximum absolute atomic E-state index is 8.35. The van der Waals surface area contributed by atoms with Gasteiger partial charge in [-0.1, -0.05) is 0 Å². The summed E-state index contributed by atoms with van der Waals surface area (Å²) in [6.45, 7) is 2.45. The Morgan fingerprint density at radius 3 is 3.15 bits per heavy atom. The van der Waals surface area contributed by atoms with Crippen molar-refractivity contribution >= 4 is 5.96 Å².